The normalized spacial score (nSPS) is 10.9. The van der Waals surface area contributed by atoms with Crippen molar-refractivity contribution in [2.24, 2.45) is 0 Å². The van der Waals surface area contributed by atoms with E-state index >= 15 is 0 Å². The highest BCUT2D eigenvalue weighted by molar-refractivity contribution is 9.09. The predicted molar refractivity (Wildman–Crippen MR) is 81.8 cm³/mol. The van der Waals surface area contributed by atoms with E-state index in [0.29, 0.717) is 0 Å². The van der Waals surface area contributed by atoms with Gasteiger partial charge in [0, 0.05) is 16.0 Å². The maximum Gasteiger partial charge on any atom is 0.0289 e. The Bertz CT molecular complexity index is 506. The van der Waals surface area contributed by atoms with E-state index in [1.165, 1.54) is 27.5 Å². The molecule has 0 amide bonds. The molecule has 0 radical (unpaired) electrons. The van der Waals surface area contributed by atoms with E-state index in [0.717, 1.165) is 16.0 Å². The zero-order chi connectivity index (χ0) is 11.5. The smallest absolute Gasteiger partial charge is 0.0289 e. The minimum Gasteiger partial charge on any atom is -0.0876 e. The minimum absolute atomic E-state index is 0.903. The average molecular weight is 407 g/mol. The summed E-state index contributed by atoms with van der Waals surface area (Å²) in [7, 11) is 0. The fourth-order valence-corrected chi connectivity index (χ4v) is 3.38. The van der Waals surface area contributed by atoms with Crippen molar-refractivity contribution in [2.45, 2.75) is 16.0 Å². The van der Waals surface area contributed by atoms with E-state index in [4.69, 9.17) is 0 Å². The molecule has 16 heavy (non-hydrogen) atoms. The number of halogens is 3. The van der Waals surface area contributed by atoms with E-state index in [2.05, 4.69) is 78.1 Å². The summed E-state index contributed by atoms with van der Waals surface area (Å²) in [6.07, 6.45) is 0. The van der Waals surface area contributed by atoms with Crippen LogP contribution in [0, 0.1) is 0 Å². The first-order valence-corrected chi connectivity index (χ1v) is 8.38. The second-order valence-electron chi connectivity index (χ2n) is 3.66. The Balaban J connectivity index is 2.72. The van der Waals surface area contributed by atoms with E-state index in [-0.39, 0.29) is 0 Å². The van der Waals surface area contributed by atoms with Crippen LogP contribution >= 0.6 is 47.8 Å². The third-order valence-electron chi connectivity index (χ3n) is 2.72. The molecular weight excluding hydrogens is 396 g/mol. The number of alkyl halides is 3. The highest BCUT2D eigenvalue weighted by Gasteiger charge is 2.05. The van der Waals surface area contributed by atoms with Crippen molar-refractivity contribution in [3.05, 3.63) is 47.0 Å². The van der Waals surface area contributed by atoms with Gasteiger partial charge in [0.25, 0.3) is 0 Å². The summed E-state index contributed by atoms with van der Waals surface area (Å²) < 4.78 is 0. The van der Waals surface area contributed by atoms with Crippen molar-refractivity contribution in [1.29, 1.82) is 0 Å². The van der Waals surface area contributed by atoms with Gasteiger partial charge >= 0.3 is 0 Å². The van der Waals surface area contributed by atoms with E-state index < -0.39 is 0 Å². The quantitative estimate of drug-likeness (QED) is 0.588. The van der Waals surface area contributed by atoms with Crippen LogP contribution in [-0.2, 0) is 16.0 Å². The molecule has 0 unspecified atom stereocenters. The van der Waals surface area contributed by atoms with Crippen LogP contribution in [0.15, 0.2) is 30.3 Å². The number of rotatable bonds is 3. The summed E-state index contributed by atoms with van der Waals surface area (Å²) in [5.41, 5.74) is 4.06. The Morgan fingerprint density at radius 1 is 0.750 bits per heavy atom. The Morgan fingerprint density at radius 3 is 2.00 bits per heavy atom. The summed E-state index contributed by atoms with van der Waals surface area (Å²) in [5.74, 6) is 0. The predicted octanol–water partition coefficient (Wildman–Crippen LogP) is 5.52. The van der Waals surface area contributed by atoms with Crippen LogP contribution in [0.2, 0.25) is 0 Å². The lowest BCUT2D eigenvalue weighted by molar-refractivity contribution is 1.32. The fourth-order valence-electron chi connectivity index (χ4n) is 1.85. The van der Waals surface area contributed by atoms with E-state index in [9.17, 15) is 0 Å². The van der Waals surface area contributed by atoms with Gasteiger partial charge in [-0.15, -0.1) is 0 Å². The molecule has 0 aliphatic carbocycles. The Kier molecular flexibility index (Phi) is 4.45. The van der Waals surface area contributed by atoms with Crippen LogP contribution in [-0.4, -0.2) is 0 Å². The van der Waals surface area contributed by atoms with E-state index in [1.54, 1.807) is 0 Å². The molecule has 0 fully saturated rings. The van der Waals surface area contributed by atoms with Gasteiger partial charge in [-0.3, -0.25) is 0 Å². The zero-order valence-corrected chi connectivity index (χ0v) is 13.4. The molecule has 2 rings (SSSR count). The molecule has 2 aromatic carbocycles. The molecular formula is C13H11Br3. The summed E-state index contributed by atoms with van der Waals surface area (Å²) >= 11 is 10.6. The number of fused-ring (bicyclic) bond motifs is 1. The monoisotopic (exact) mass is 404 g/mol. The van der Waals surface area contributed by atoms with Gasteiger partial charge in [-0.1, -0.05) is 66.0 Å². The molecule has 0 heterocycles. The SMILES string of the molecule is BrCc1cc2cccc(CBr)c2cc1CBr. The van der Waals surface area contributed by atoms with Crippen LogP contribution in [0.5, 0.6) is 0 Å². The Labute approximate surface area is 121 Å². The molecule has 0 aliphatic heterocycles. The van der Waals surface area contributed by atoms with Gasteiger partial charge in [0.2, 0.25) is 0 Å². The lowest BCUT2D eigenvalue weighted by Gasteiger charge is -2.09. The Morgan fingerprint density at radius 2 is 1.38 bits per heavy atom. The van der Waals surface area contributed by atoms with Gasteiger partial charge < -0.3 is 0 Å². The maximum absolute atomic E-state index is 3.55. The van der Waals surface area contributed by atoms with Crippen LogP contribution in [0.25, 0.3) is 10.8 Å². The van der Waals surface area contributed by atoms with Crippen molar-refractivity contribution < 1.29 is 0 Å². The van der Waals surface area contributed by atoms with Crippen LogP contribution in [0.3, 0.4) is 0 Å². The molecule has 0 aromatic heterocycles. The molecule has 0 aliphatic rings. The van der Waals surface area contributed by atoms with Crippen molar-refractivity contribution >= 4 is 58.6 Å². The first kappa shape index (κ1) is 12.6. The fraction of sp³-hybridized carbons (Fsp3) is 0.231. The zero-order valence-electron chi connectivity index (χ0n) is 8.64. The summed E-state index contributed by atoms with van der Waals surface area (Å²) in [6.45, 7) is 0. The average Bonchev–Trinajstić information content (AvgIpc) is 2.36. The van der Waals surface area contributed by atoms with Crippen LogP contribution in [0.4, 0.5) is 0 Å². The molecule has 0 nitrogen and oxygen atoms in total. The molecule has 0 saturated carbocycles. The van der Waals surface area contributed by atoms with Gasteiger partial charge in [-0.2, -0.15) is 0 Å². The summed E-state index contributed by atoms with van der Waals surface area (Å²) in [5, 5.41) is 5.37. The molecule has 84 valence electrons. The largest absolute Gasteiger partial charge is 0.0876 e. The van der Waals surface area contributed by atoms with Gasteiger partial charge in [-0.25, -0.2) is 0 Å². The lowest BCUT2D eigenvalue weighted by Crippen LogP contribution is -1.90. The molecule has 0 N–H and O–H groups in total. The maximum atomic E-state index is 3.55. The number of hydrogen-bond acceptors (Lipinski definition) is 0. The highest BCUT2D eigenvalue weighted by Crippen LogP contribution is 2.27. The summed E-state index contributed by atoms with van der Waals surface area (Å²) in [4.78, 5) is 0. The van der Waals surface area contributed by atoms with E-state index in [1.807, 2.05) is 0 Å². The molecule has 3 heteroatoms. The lowest BCUT2D eigenvalue weighted by atomic mass is 10.00. The number of benzene rings is 2. The van der Waals surface area contributed by atoms with Crippen molar-refractivity contribution in [3.8, 4) is 0 Å². The minimum atomic E-state index is 0.903. The third-order valence-corrected chi connectivity index (χ3v) is 4.54. The molecule has 0 bridgehead atoms. The van der Waals surface area contributed by atoms with Crippen molar-refractivity contribution in [3.63, 3.8) is 0 Å². The van der Waals surface area contributed by atoms with Crippen molar-refractivity contribution in [1.82, 2.24) is 0 Å². The highest BCUT2D eigenvalue weighted by atomic mass is 79.9. The molecule has 0 spiro atoms. The molecule has 2 aromatic rings. The van der Waals surface area contributed by atoms with Gasteiger partial charge in [0.1, 0.15) is 0 Å². The first-order valence-electron chi connectivity index (χ1n) is 5.01. The topological polar surface area (TPSA) is 0 Å². The third kappa shape index (κ3) is 2.36. The molecule has 0 saturated heterocycles. The van der Waals surface area contributed by atoms with Crippen LogP contribution < -0.4 is 0 Å². The number of hydrogen-bond donors (Lipinski definition) is 0. The standard InChI is InChI=1S/C13H11Br3/c14-6-10-3-1-2-9-4-11(7-15)12(8-16)5-13(9)10/h1-5H,6-8H2. The van der Waals surface area contributed by atoms with Crippen molar-refractivity contribution in [2.75, 3.05) is 0 Å². The second-order valence-corrected chi connectivity index (χ2v) is 5.34. The van der Waals surface area contributed by atoms with Crippen LogP contribution in [0.1, 0.15) is 16.7 Å². The Hall–Kier alpha value is 0.140. The molecule has 0 atom stereocenters. The van der Waals surface area contributed by atoms with Gasteiger partial charge in [-0.05, 0) is 39.6 Å². The summed E-state index contributed by atoms with van der Waals surface area (Å²) in [6, 6.07) is 11.0. The van der Waals surface area contributed by atoms with Gasteiger partial charge in [0.05, 0.1) is 0 Å². The van der Waals surface area contributed by atoms with Gasteiger partial charge in [0.15, 0.2) is 0 Å². The first-order chi connectivity index (χ1) is 7.80. The second kappa shape index (κ2) is 5.65.